The van der Waals surface area contributed by atoms with Crippen LogP contribution in [-0.4, -0.2) is 54.2 Å². The SMILES string of the molecule is O=C(Cc1ccc2cnccc2c1)N1CCC2(CNCCO2)C1. The molecule has 0 aliphatic carbocycles. The lowest BCUT2D eigenvalue weighted by Gasteiger charge is -2.34. The molecule has 1 unspecified atom stereocenters. The molecule has 5 nitrogen and oxygen atoms in total. The van der Waals surface area contributed by atoms with Crippen LogP contribution in [0, 0.1) is 0 Å². The minimum absolute atomic E-state index is 0.164. The van der Waals surface area contributed by atoms with Crippen molar-refractivity contribution >= 4 is 16.7 Å². The Morgan fingerprint density at radius 3 is 3.17 bits per heavy atom. The van der Waals surface area contributed by atoms with Crippen LogP contribution in [0.15, 0.2) is 36.7 Å². The van der Waals surface area contributed by atoms with Crippen LogP contribution in [0.1, 0.15) is 12.0 Å². The number of carbonyl (C=O) groups excluding carboxylic acids is 1. The monoisotopic (exact) mass is 311 g/mol. The van der Waals surface area contributed by atoms with E-state index >= 15 is 0 Å². The van der Waals surface area contributed by atoms with Gasteiger partial charge in [-0.05, 0) is 23.4 Å². The molecule has 4 rings (SSSR count). The molecule has 120 valence electrons. The number of benzene rings is 1. The summed E-state index contributed by atoms with van der Waals surface area (Å²) in [5.74, 6) is 0.185. The molecular formula is C18H21N3O2. The van der Waals surface area contributed by atoms with Crippen molar-refractivity contribution in [1.29, 1.82) is 0 Å². The fourth-order valence-electron chi connectivity index (χ4n) is 3.56. The number of nitrogens with zero attached hydrogens (tertiary/aromatic N) is 2. The Balaban J connectivity index is 1.45. The topological polar surface area (TPSA) is 54.5 Å². The van der Waals surface area contributed by atoms with E-state index in [9.17, 15) is 4.79 Å². The summed E-state index contributed by atoms with van der Waals surface area (Å²) in [7, 11) is 0. The molecule has 2 fully saturated rings. The lowest BCUT2D eigenvalue weighted by molar-refractivity contribution is -0.131. The number of amides is 1. The quantitative estimate of drug-likeness (QED) is 0.910. The van der Waals surface area contributed by atoms with Crippen LogP contribution in [0.4, 0.5) is 0 Å². The van der Waals surface area contributed by atoms with Crippen molar-refractivity contribution in [2.45, 2.75) is 18.4 Å². The van der Waals surface area contributed by atoms with E-state index in [1.54, 1.807) is 6.20 Å². The van der Waals surface area contributed by atoms with Crippen molar-refractivity contribution in [1.82, 2.24) is 15.2 Å². The average Bonchev–Trinajstić information content (AvgIpc) is 2.99. The van der Waals surface area contributed by atoms with Gasteiger partial charge in [-0.25, -0.2) is 0 Å². The zero-order chi connectivity index (χ0) is 15.7. The lowest BCUT2D eigenvalue weighted by atomic mass is 10.0. The molecule has 0 radical (unpaired) electrons. The van der Waals surface area contributed by atoms with Crippen molar-refractivity contribution in [3.63, 3.8) is 0 Å². The Labute approximate surface area is 135 Å². The summed E-state index contributed by atoms with van der Waals surface area (Å²) >= 11 is 0. The molecule has 0 bridgehead atoms. The standard InChI is InChI=1S/C18H21N3O2/c22-17(21-7-4-18(13-21)12-20-6-8-23-18)10-14-1-2-16-11-19-5-3-15(16)9-14/h1-3,5,9,11,20H,4,6-8,10,12-13H2. The van der Waals surface area contributed by atoms with E-state index < -0.39 is 0 Å². The molecule has 1 aromatic carbocycles. The summed E-state index contributed by atoms with van der Waals surface area (Å²) in [5.41, 5.74) is 0.889. The molecule has 1 aromatic heterocycles. The summed E-state index contributed by atoms with van der Waals surface area (Å²) in [4.78, 5) is 18.7. The van der Waals surface area contributed by atoms with Gasteiger partial charge >= 0.3 is 0 Å². The largest absolute Gasteiger partial charge is 0.370 e. The van der Waals surface area contributed by atoms with Gasteiger partial charge in [-0.1, -0.05) is 18.2 Å². The molecule has 2 aliphatic heterocycles. The van der Waals surface area contributed by atoms with Crippen LogP contribution in [0.3, 0.4) is 0 Å². The molecule has 2 saturated heterocycles. The number of pyridine rings is 1. The Morgan fingerprint density at radius 2 is 2.30 bits per heavy atom. The first kappa shape index (κ1) is 14.6. The molecular weight excluding hydrogens is 290 g/mol. The number of rotatable bonds is 2. The van der Waals surface area contributed by atoms with Crippen LogP contribution in [0.25, 0.3) is 10.8 Å². The third-order valence-electron chi connectivity index (χ3n) is 4.86. The molecule has 23 heavy (non-hydrogen) atoms. The number of morpholine rings is 1. The van der Waals surface area contributed by atoms with Crippen molar-refractivity contribution in [2.75, 3.05) is 32.8 Å². The van der Waals surface area contributed by atoms with E-state index in [1.807, 2.05) is 29.3 Å². The second-order valence-corrected chi connectivity index (χ2v) is 6.51. The van der Waals surface area contributed by atoms with Gasteiger partial charge in [0.2, 0.25) is 5.91 Å². The first-order valence-corrected chi connectivity index (χ1v) is 8.19. The molecule has 2 aromatic rings. The smallest absolute Gasteiger partial charge is 0.227 e. The first-order chi connectivity index (χ1) is 11.2. The molecule has 2 aliphatic rings. The number of hydrogen-bond acceptors (Lipinski definition) is 4. The predicted octanol–water partition coefficient (Wildman–Crippen LogP) is 1.37. The van der Waals surface area contributed by atoms with Gasteiger partial charge < -0.3 is 15.0 Å². The molecule has 1 N–H and O–H groups in total. The zero-order valence-corrected chi connectivity index (χ0v) is 13.1. The summed E-state index contributed by atoms with van der Waals surface area (Å²) < 4.78 is 5.95. The predicted molar refractivity (Wildman–Crippen MR) is 88.2 cm³/mol. The van der Waals surface area contributed by atoms with Gasteiger partial charge in [0.05, 0.1) is 25.2 Å². The number of nitrogens with one attached hydrogen (secondary N) is 1. The maximum Gasteiger partial charge on any atom is 0.227 e. The molecule has 3 heterocycles. The molecule has 5 heteroatoms. The number of fused-ring (bicyclic) bond motifs is 1. The number of aromatic nitrogens is 1. The normalized spacial score (nSPS) is 24.4. The Hall–Kier alpha value is -1.98. The van der Waals surface area contributed by atoms with E-state index in [4.69, 9.17) is 4.74 Å². The van der Waals surface area contributed by atoms with Gasteiger partial charge in [-0.3, -0.25) is 9.78 Å². The summed E-state index contributed by atoms with van der Waals surface area (Å²) in [5, 5.41) is 5.61. The fourth-order valence-corrected chi connectivity index (χ4v) is 3.56. The second-order valence-electron chi connectivity index (χ2n) is 6.51. The third kappa shape index (κ3) is 2.94. The number of likely N-dealkylation sites (tertiary alicyclic amines) is 1. The van der Waals surface area contributed by atoms with E-state index in [2.05, 4.69) is 16.4 Å². The Kier molecular flexibility index (Phi) is 3.75. The van der Waals surface area contributed by atoms with Crippen molar-refractivity contribution < 1.29 is 9.53 Å². The second kappa shape index (κ2) is 5.91. The maximum absolute atomic E-state index is 12.6. The van der Waals surface area contributed by atoms with Gasteiger partial charge in [-0.2, -0.15) is 0 Å². The third-order valence-corrected chi connectivity index (χ3v) is 4.86. The highest BCUT2D eigenvalue weighted by atomic mass is 16.5. The first-order valence-electron chi connectivity index (χ1n) is 8.19. The van der Waals surface area contributed by atoms with E-state index in [0.29, 0.717) is 13.0 Å². The van der Waals surface area contributed by atoms with Gasteiger partial charge in [0, 0.05) is 37.4 Å². The summed E-state index contributed by atoms with van der Waals surface area (Å²) in [6.45, 7) is 3.98. The van der Waals surface area contributed by atoms with E-state index in [-0.39, 0.29) is 11.5 Å². The maximum atomic E-state index is 12.6. The summed E-state index contributed by atoms with van der Waals surface area (Å²) in [6.07, 6.45) is 5.00. The van der Waals surface area contributed by atoms with Crippen LogP contribution in [0.5, 0.6) is 0 Å². The molecule has 0 saturated carbocycles. The highest BCUT2D eigenvalue weighted by Gasteiger charge is 2.41. The van der Waals surface area contributed by atoms with Crippen LogP contribution in [0.2, 0.25) is 0 Å². The highest BCUT2D eigenvalue weighted by Crippen LogP contribution is 2.27. The van der Waals surface area contributed by atoms with Gasteiger partial charge in [-0.15, -0.1) is 0 Å². The zero-order valence-electron chi connectivity index (χ0n) is 13.1. The van der Waals surface area contributed by atoms with E-state index in [1.165, 1.54) is 0 Å². The van der Waals surface area contributed by atoms with E-state index in [0.717, 1.165) is 49.0 Å². The Morgan fingerprint density at radius 1 is 1.35 bits per heavy atom. The number of carbonyl (C=O) groups is 1. The lowest BCUT2D eigenvalue weighted by Crippen LogP contribution is -2.51. The van der Waals surface area contributed by atoms with Gasteiger partial charge in [0.25, 0.3) is 0 Å². The number of ether oxygens (including phenoxy) is 1. The molecule has 1 spiro atoms. The minimum atomic E-state index is -0.164. The van der Waals surface area contributed by atoms with Crippen LogP contribution < -0.4 is 5.32 Å². The van der Waals surface area contributed by atoms with Crippen molar-refractivity contribution in [3.8, 4) is 0 Å². The van der Waals surface area contributed by atoms with Crippen molar-refractivity contribution in [2.24, 2.45) is 0 Å². The van der Waals surface area contributed by atoms with Gasteiger partial charge in [0.1, 0.15) is 0 Å². The van der Waals surface area contributed by atoms with Crippen LogP contribution in [-0.2, 0) is 16.0 Å². The fraction of sp³-hybridized carbons (Fsp3) is 0.444. The minimum Gasteiger partial charge on any atom is -0.370 e. The highest BCUT2D eigenvalue weighted by molar-refractivity contribution is 5.85. The molecule has 1 amide bonds. The van der Waals surface area contributed by atoms with Crippen molar-refractivity contribution in [3.05, 3.63) is 42.2 Å². The Bertz CT molecular complexity index is 725. The van der Waals surface area contributed by atoms with Gasteiger partial charge in [0.15, 0.2) is 0 Å². The number of hydrogen-bond donors (Lipinski definition) is 1. The summed E-state index contributed by atoms with van der Waals surface area (Å²) in [6, 6.07) is 8.12. The average molecular weight is 311 g/mol. The van der Waals surface area contributed by atoms with Crippen LogP contribution >= 0.6 is 0 Å². The molecule has 1 atom stereocenters.